The lowest BCUT2D eigenvalue weighted by molar-refractivity contribution is 0.392. The Bertz CT molecular complexity index is 486. The molecule has 0 aromatic heterocycles. The SMILES string of the molecule is CC1(I)CC(I)(S(=O)(=O)c2ccccc2)C1. The average Bonchev–Trinajstić information content (AvgIpc) is 2.16. The lowest BCUT2D eigenvalue weighted by Crippen LogP contribution is -2.51. The van der Waals surface area contributed by atoms with Crippen molar-refractivity contribution < 1.29 is 8.42 Å². The average molecular weight is 462 g/mol. The van der Waals surface area contributed by atoms with Crippen LogP contribution in [0.1, 0.15) is 19.8 Å². The number of benzene rings is 1. The predicted molar refractivity (Wildman–Crippen MR) is 82.0 cm³/mol. The van der Waals surface area contributed by atoms with Gasteiger partial charge in [-0.1, -0.05) is 70.3 Å². The van der Waals surface area contributed by atoms with Crippen molar-refractivity contribution in [1.29, 1.82) is 0 Å². The third kappa shape index (κ3) is 2.14. The van der Waals surface area contributed by atoms with Crippen LogP contribution < -0.4 is 0 Å². The molecule has 1 aliphatic rings. The molecule has 0 bridgehead atoms. The Balaban J connectivity index is 2.36. The fourth-order valence-electron chi connectivity index (χ4n) is 2.05. The van der Waals surface area contributed by atoms with E-state index < -0.39 is 12.6 Å². The molecular formula is C11H12I2O2S. The maximum atomic E-state index is 12.4. The number of halogens is 2. The molecule has 1 saturated carbocycles. The summed E-state index contributed by atoms with van der Waals surface area (Å²) in [5, 5.41) is 0. The van der Waals surface area contributed by atoms with Gasteiger partial charge in [-0.2, -0.15) is 0 Å². The summed E-state index contributed by atoms with van der Waals surface area (Å²) in [6.45, 7) is 2.10. The van der Waals surface area contributed by atoms with Crippen LogP contribution in [0.2, 0.25) is 0 Å². The first kappa shape index (κ1) is 13.1. The summed E-state index contributed by atoms with van der Waals surface area (Å²) in [6, 6.07) is 8.74. The normalized spacial score (nSPS) is 34.4. The van der Waals surface area contributed by atoms with E-state index in [1.807, 2.05) is 6.07 Å². The van der Waals surface area contributed by atoms with Gasteiger partial charge in [0.25, 0.3) is 0 Å². The van der Waals surface area contributed by atoms with Crippen molar-refractivity contribution in [3.8, 4) is 0 Å². The number of hydrogen-bond donors (Lipinski definition) is 0. The summed E-state index contributed by atoms with van der Waals surface area (Å²) in [4.78, 5) is 0.441. The first-order chi connectivity index (χ1) is 7.27. The van der Waals surface area contributed by atoms with E-state index in [2.05, 4.69) is 52.1 Å². The van der Waals surface area contributed by atoms with Gasteiger partial charge in [0.15, 0.2) is 9.84 Å². The fourth-order valence-corrected chi connectivity index (χ4v) is 9.73. The molecule has 2 nitrogen and oxygen atoms in total. The Morgan fingerprint density at radius 1 is 1.12 bits per heavy atom. The fraction of sp³-hybridized carbons (Fsp3) is 0.455. The first-order valence-corrected chi connectivity index (χ1v) is 8.59. The van der Waals surface area contributed by atoms with Crippen molar-refractivity contribution >= 4 is 55.0 Å². The third-order valence-corrected chi connectivity index (χ3v) is 8.21. The van der Waals surface area contributed by atoms with Gasteiger partial charge in [-0.05, 0) is 25.0 Å². The molecule has 0 aliphatic heterocycles. The summed E-state index contributed by atoms with van der Waals surface area (Å²) in [5.41, 5.74) is 0. The van der Waals surface area contributed by atoms with Gasteiger partial charge in [-0.15, -0.1) is 0 Å². The van der Waals surface area contributed by atoms with Gasteiger partial charge >= 0.3 is 0 Å². The zero-order valence-electron chi connectivity index (χ0n) is 8.78. The standard InChI is InChI=1S/C11H12I2O2S/c1-10(12)7-11(13,8-10)16(14,15)9-5-3-2-4-6-9/h2-6H,7-8H2,1H3. The predicted octanol–water partition coefficient (Wildman–Crippen LogP) is 3.58. The van der Waals surface area contributed by atoms with Gasteiger partial charge < -0.3 is 0 Å². The molecule has 0 N–H and O–H groups in total. The molecule has 0 unspecified atom stereocenters. The lowest BCUT2D eigenvalue weighted by Gasteiger charge is -2.47. The van der Waals surface area contributed by atoms with Crippen molar-refractivity contribution in [2.45, 2.75) is 30.8 Å². The topological polar surface area (TPSA) is 34.1 Å². The van der Waals surface area contributed by atoms with Crippen LogP contribution in [0.4, 0.5) is 0 Å². The van der Waals surface area contributed by atoms with Gasteiger partial charge in [0.05, 0.1) is 4.90 Å². The number of sulfone groups is 1. The maximum absolute atomic E-state index is 12.4. The molecule has 1 aliphatic carbocycles. The van der Waals surface area contributed by atoms with Crippen molar-refractivity contribution in [1.82, 2.24) is 0 Å². The van der Waals surface area contributed by atoms with Crippen molar-refractivity contribution in [3.05, 3.63) is 30.3 Å². The van der Waals surface area contributed by atoms with E-state index >= 15 is 0 Å². The smallest absolute Gasteiger partial charge is 0.193 e. The Morgan fingerprint density at radius 2 is 1.62 bits per heavy atom. The monoisotopic (exact) mass is 462 g/mol. The van der Waals surface area contributed by atoms with Gasteiger partial charge in [-0.25, -0.2) is 8.42 Å². The molecule has 5 heteroatoms. The maximum Gasteiger partial charge on any atom is 0.193 e. The van der Waals surface area contributed by atoms with E-state index in [-0.39, 0.29) is 3.42 Å². The van der Waals surface area contributed by atoms with Crippen molar-refractivity contribution in [2.75, 3.05) is 0 Å². The molecule has 0 radical (unpaired) electrons. The molecule has 1 aromatic carbocycles. The molecule has 1 fully saturated rings. The van der Waals surface area contributed by atoms with Crippen LogP contribution in [0.25, 0.3) is 0 Å². The zero-order chi connectivity index (χ0) is 12.0. The highest BCUT2D eigenvalue weighted by Crippen LogP contribution is 2.57. The van der Waals surface area contributed by atoms with Crippen LogP contribution in [-0.2, 0) is 9.84 Å². The molecule has 0 amide bonds. The van der Waals surface area contributed by atoms with Crippen LogP contribution in [0, 0.1) is 0 Å². The van der Waals surface area contributed by atoms with Crippen LogP contribution in [0.15, 0.2) is 35.2 Å². The Kier molecular flexibility index (Phi) is 3.33. The van der Waals surface area contributed by atoms with Crippen molar-refractivity contribution in [2.24, 2.45) is 0 Å². The molecule has 16 heavy (non-hydrogen) atoms. The molecule has 88 valence electrons. The second kappa shape index (κ2) is 4.08. The van der Waals surface area contributed by atoms with Gasteiger partial charge in [0, 0.05) is 3.42 Å². The largest absolute Gasteiger partial charge is 0.222 e. The molecule has 0 saturated heterocycles. The third-order valence-electron chi connectivity index (χ3n) is 2.80. The molecule has 0 heterocycles. The van der Waals surface area contributed by atoms with Gasteiger partial charge in [-0.3, -0.25) is 0 Å². The summed E-state index contributed by atoms with van der Waals surface area (Å²) >= 11 is 4.45. The summed E-state index contributed by atoms with van der Waals surface area (Å²) in [6.07, 6.45) is 1.44. The minimum Gasteiger partial charge on any atom is -0.222 e. The van der Waals surface area contributed by atoms with E-state index in [1.54, 1.807) is 24.3 Å². The molecule has 0 atom stereocenters. The number of hydrogen-bond acceptors (Lipinski definition) is 2. The van der Waals surface area contributed by atoms with Gasteiger partial charge in [0.1, 0.15) is 2.75 Å². The quantitative estimate of drug-likeness (QED) is 0.498. The van der Waals surface area contributed by atoms with Gasteiger partial charge in [0.2, 0.25) is 0 Å². The summed E-state index contributed by atoms with van der Waals surface area (Å²) in [7, 11) is -3.19. The van der Waals surface area contributed by atoms with Crippen LogP contribution in [0.5, 0.6) is 0 Å². The summed E-state index contributed by atoms with van der Waals surface area (Å²) < 4.78 is 24.3. The van der Waals surface area contributed by atoms with E-state index in [0.717, 1.165) is 12.8 Å². The highest BCUT2D eigenvalue weighted by molar-refractivity contribution is 14.1. The number of alkyl halides is 2. The van der Waals surface area contributed by atoms with E-state index in [9.17, 15) is 8.42 Å². The minimum absolute atomic E-state index is 0.126. The highest BCUT2D eigenvalue weighted by atomic mass is 127. The molecule has 0 spiro atoms. The van der Waals surface area contributed by atoms with Crippen LogP contribution in [0.3, 0.4) is 0 Å². The molecule has 2 rings (SSSR count). The Labute approximate surface area is 123 Å². The Morgan fingerprint density at radius 3 is 2.06 bits per heavy atom. The molecule has 1 aromatic rings. The second-order valence-electron chi connectivity index (χ2n) is 4.47. The first-order valence-electron chi connectivity index (χ1n) is 4.94. The van der Waals surface area contributed by atoms with Crippen LogP contribution in [-0.4, -0.2) is 14.6 Å². The molecular weight excluding hydrogens is 450 g/mol. The second-order valence-corrected chi connectivity index (χ2v) is 12.1. The van der Waals surface area contributed by atoms with Crippen molar-refractivity contribution in [3.63, 3.8) is 0 Å². The number of rotatable bonds is 2. The highest BCUT2D eigenvalue weighted by Gasteiger charge is 2.57. The van der Waals surface area contributed by atoms with Crippen LogP contribution >= 0.6 is 45.2 Å². The van der Waals surface area contributed by atoms with E-state index in [0.29, 0.717) is 4.90 Å². The zero-order valence-corrected chi connectivity index (χ0v) is 13.9. The lowest BCUT2D eigenvalue weighted by atomic mass is 9.86. The Hall–Kier alpha value is 0.630. The minimum atomic E-state index is -3.19. The van der Waals surface area contributed by atoms with E-state index in [4.69, 9.17) is 0 Å². The summed E-state index contributed by atoms with van der Waals surface area (Å²) in [5.74, 6) is 0. The van der Waals surface area contributed by atoms with E-state index in [1.165, 1.54) is 0 Å².